The Morgan fingerprint density at radius 1 is 1.12 bits per heavy atom. The lowest BCUT2D eigenvalue weighted by molar-refractivity contribution is 0.0933. The van der Waals surface area contributed by atoms with Gasteiger partial charge in [-0.3, -0.25) is 9.69 Å². The third kappa shape index (κ3) is 4.45. The number of ether oxygens (including phenoxy) is 1. The quantitative estimate of drug-likeness (QED) is 0.643. The smallest absolute Gasteiger partial charge is 0.254 e. The highest BCUT2D eigenvalue weighted by Crippen LogP contribution is 2.26. The maximum absolute atomic E-state index is 14.0. The van der Waals surface area contributed by atoms with E-state index in [0.29, 0.717) is 12.4 Å². The first-order chi connectivity index (χ1) is 16.0. The summed E-state index contributed by atoms with van der Waals surface area (Å²) in [5.74, 6) is 0.323. The molecule has 1 unspecified atom stereocenters. The van der Waals surface area contributed by atoms with Crippen LogP contribution in [0.1, 0.15) is 46.1 Å². The van der Waals surface area contributed by atoms with E-state index < -0.39 is 23.6 Å². The molecule has 172 valence electrons. The van der Waals surface area contributed by atoms with Crippen molar-refractivity contribution in [2.24, 2.45) is 0 Å². The molecule has 1 amide bonds. The first kappa shape index (κ1) is 21.5. The number of aromatic nitrogens is 3. The summed E-state index contributed by atoms with van der Waals surface area (Å²) in [5, 5.41) is 11.3. The van der Waals surface area contributed by atoms with Crippen LogP contribution in [-0.4, -0.2) is 45.3 Å². The van der Waals surface area contributed by atoms with Crippen LogP contribution in [0.15, 0.2) is 36.4 Å². The van der Waals surface area contributed by atoms with Gasteiger partial charge in [0.1, 0.15) is 23.2 Å². The summed E-state index contributed by atoms with van der Waals surface area (Å²) in [4.78, 5) is 14.9. The Kier molecular flexibility index (Phi) is 5.80. The number of amides is 1. The van der Waals surface area contributed by atoms with E-state index in [1.54, 1.807) is 6.92 Å². The average Bonchev–Trinajstić information content (AvgIpc) is 3.38. The summed E-state index contributed by atoms with van der Waals surface area (Å²) in [6, 6.07) is 8.70. The summed E-state index contributed by atoms with van der Waals surface area (Å²) in [7, 11) is 0. The zero-order chi connectivity index (χ0) is 22.9. The average molecular weight is 453 g/mol. The van der Waals surface area contributed by atoms with Crippen LogP contribution in [0.25, 0.3) is 0 Å². The highest BCUT2D eigenvalue weighted by Gasteiger charge is 2.24. The molecular weight excluding hydrogens is 428 g/mol. The Labute approximate surface area is 190 Å². The van der Waals surface area contributed by atoms with Gasteiger partial charge in [0.05, 0.1) is 18.2 Å². The van der Waals surface area contributed by atoms with E-state index >= 15 is 0 Å². The van der Waals surface area contributed by atoms with Crippen molar-refractivity contribution in [3.63, 3.8) is 0 Å². The van der Waals surface area contributed by atoms with E-state index in [-0.39, 0.29) is 5.56 Å². The maximum Gasteiger partial charge on any atom is 0.254 e. The second-order valence-electron chi connectivity index (χ2n) is 8.51. The molecule has 0 radical (unpaired) electrons. The summed E-state index contributed by atoms with van der Waals surface area (Å²) < 4.78 is 35.0. The maximum atomic E-state index is 14.0. The van der Waals surface area contributed by atoms with Crippen LogP contribution in [-0.2, 0) is 25.9 Å². The molecule has 0 bridgehead atoms. The normalized spacial score (nSPS) is 16.5. The number of fused-ring (bicyclic) bond motifs is 2. The number of benzene rings is 2. The van der Waals surface area contributed by atoms with E-state index in [4.69, 9.17) is 4.74 Å². The van der Waals surface area contributed by atoms with E-state index in [1.807, 2.05) is 10.6 Å². The summed E-state index contributed by atoms with van der Waals surface area (Å²) >= 11 is 0. The molecule has 33 heavy (non-hydrogen) atoms. The van der Waals surface area contributed by atoms with Crippen molar-refractivity contribution in [2.75, 3.05) is 19.7 Å². The minimum absolute atomic E-state index is 0.330. The molecule has 2 aromatic carbocycles. The number of rotatable bonds is 5. The van der Waals surface area contributed by atoms with Crippen molar-refractivity contribution in [3.05, 3.63) is 76.4 Å². The number of hydrogen-bond donors (Lipinski definition) is 1. The standard InChI is InChI=1S/C24H25F2N5O2/c1-15(27-24(32)19-13-18(25)3-4-20(19)26)23-29-28-22-6-8-30(9-10-31(22)23)14-16-2-5-21-17(12-16)7-11-33-21/h2-5,12-13,15H,6-11,14H2,1H3,(H,27,32). The van der Waals surface area contributed by atoms with Gasteiger partial charge in [0.2, 0.25) is 0 Å². The summed E-state index contributed by atoms with van der Waals surface area (Å²) in [6.45, 7) is 5.69. The topological polar surface area (TPSA) is 72.3 Å². The van der Waals surface area contributed by atoms with Gasteiger partial charge in [-0.05, 0) is 42.3 Å². The van der Waals surface area contributed by atoms with Gasteiger partial charge in [0.15, 0.2) is 5.82 Å². The fraction of sp³-hybridized carbons (Fsp3) is 0.375. The molecule has 0 saturated carbocycles. The van der Waals surface area contributed by atoms with Crippen LogP contribution in [0.2, 0.25) is 0 Å². The molecule has 0 aliphatic carbocycles. The van der Waals surface area contributed by atoms with Gasteiger partial charge in [0, 0.05) is 39.0 Å². The van der Waals surface area contributed by atoms with E-state index in [9.17, 15) is 13.6 Å². The second kappa shape index (κ2) is 8.90. The number of nitrogens with one attached hydrogen (secondary N) is 1. The largest absolute Gasteiger partial charge is 0.493 e. The highest BCUT2D eigenvalue weighted by atomic mass is 19.1. The highest BCUT2D eigenvalue weighted by molar-refractivity contribution is 5.94. The summed E-state index contributed by atoms with van der Waals surface area (Å²) in [5.41, 5.74) is 2.19. The first-order valence-electron chi connectivity index (χ1n) is 11.1. The molecule has 9 heteroatoms. The fourth-order valence-corrected chi connectivity index (χ4v) is 4.47. The number of hydrogen-bond acceptors (Lipinski definition) is 5. The molecule has 0 fully saturated rings. The molecule has 7 nitrogen and oxygen atoms in total. The monoisotopic (exact) mass is 453 g/mol. The molecule has 0 spiro atoms. The predicted molar refractivity (Wildman–Crippen MR) is 117 cm³/mol. The molecule has 2 aliphatic rings. The Bertz CT molecular complexity index is 1200. The minimum Gasteiger partial charge on any atom is -0.493 e. The Morgan fingerprint density at radius 3 is 2.88 bits per heavy atom. The van der Waals surface area contributed by atoms with Crippen molar-refractivity contribution >= 4 is 5.91 Å². The van der Waals surface area contributed by atoms with Crippen LogP contribution < -0.4 is 10.1 Å². The summed E-state index contributed by atoms with van der Waals surface area (Å²) in [6.07, 6.45) is 1.69. The number of nitrogens with zero attached hydrogens (tertiary/aromatic N) is 4. The molecule has 5 rings (SSSR count). The van der Waals surface area contributed by atoms with Crippen LogP contribution in [0, 0.1) is 11.6 Å². The van der Waals surface area contributed by atoms with Crippen molar-refractivity contribution in [1.29, 1.82) is 0 Å². The Balaban J connectivity index is 1.25. The van der Waals surface area contributed by atoms with Crippen LogP contribution >= 0.6 is 0 Å². The molecule has 0 saturated heterocycles. The van der Waals surface area contributed by atoms with Crippen molar-refractivity contribution in [3.8, 4) is 5.75 Å². The van der Waals surface area contributed by atoms with Crippen molar-refractivity contribution in [2.45, 2.75) is 38.9 Å². The lowest BCUT2D eigenvalue weighted by atomic mass is 10.1. The molecule has 1 atom stereocenters. The van der Waals surface area contributed by atoms with Gasteiger partial charge < -0.3 is 14.6 Å². The van der Waals surface area contributed by atoms with E-state index in [0.717, 1.165) is 68.9 Å². The third-order valence-corrected chi connectivity index (χ3v) is 6.22. The Morgan fingerprint density at radius 2 is 2.00 bits per heavy atom. The molecule has 1 N–H and O–H groups in total. The van der Waals surface area contributed by atoms with Crippen LogP contribution in [0.3, 0.4) is 0 Å². The number of carbonyl (C=O) groups excluding carboxylic acids is 1. The lowest BCUT2D eigenvalue weighted by Gasteiger charge is -2.20. The SMILES string of the molecule is CC(NC(=O)c1cc(F)ccc1F)c1nnc2n1CCN(Cc1ccc3c(c1)CCO3)CC2. The number of halogens is 2. The molecule has 2 aliphatic heterocycles. The number of carbonyl (C=O) groups is 1. The van der Waals surface area contributed by atoms with Gasteiger partial charge in [-0.15, -0.1) is 10.2 Å². The Hall–Kier alpha value is -3.33. The van der Waals surface area contributed by atoms with Gasteiger partial charge in [-0.1, -0.05) is 12.1 Å². The molecule has 3 aromatic rings. The van der Waals surface area contributed by atoms with Gasteiger partial charge in [0.25, 0.3) is 5.91 Å². The second-order valence-corrected chi connectivity index (χ2v) is 8.51. The van der Waals surface area contributed by atoms with E-state index in [1.165, 1.54) is 11.1 Å². The minimum atomic E-state index is -0.769. The first-order valence-corrected chi connectivity index (χ1v) is 11.1. The van der Waals surface area contributed by atoms with E-state index in [2.05, 4.69) is 32.5 Å². The zero-order valence-electron chi connectivity index (χ0n) is 18.4. The lowest BCUT2D eigenvalue weighted by Crippen LogP contribution is -2.30. The van der Waals surface area contributed by atoms with Gasteiger partial charge in [-0.25, -0.2) is 8.78 Å². The zero-order valence-corrected chi connectivity index (χ0v) is 18.4. The fourth-order valence-electron chi connectivity index (χ4n) is 4.47. The van der Waals surface area contributed by atoms with Crippen molar-refractivity contribution in [1.82, 2.24) is 25.0 Å². The molecular formula is C24H25F2N5O2. The van der Waals surface area contributed by atoms with Gasteiger partial charge in [-0.2, -0.15) is 0 Å². The van der Waals surface area contributed by atoms with Crippen molar-refractivity contribution < 1.29 is 18.3 Å². The third-order valence-electron chi connectivity index (χ3n) is 6.22. The molecule has 1 aromatic heterocycles. The van der Waals surface area contributed by atoms with Crippen LogP contribution in [0.4, 0.5) is 8.78 Å². The van der Waals surface area contributed by atoms with Gasteiger partial charge >= 0.3 is 0 Å². The van der Waals surface area contributed by atoms with Crippen LogP contribution in [0.5, 0.6) is 5.75 Å². The predicted octanol–water partition coefficient (Wildman–Crippen LogP) is 3.04. The molecule has 3 heterocycles.